The second-order valence-electron chi connectivity index (χ2n) is 5.54. The van der Waals surface area contributed by atoms with Gasteiger partial charge in [0.1, 0.15) is 5.82 Å². The van der Waals surface area contributed by atoms with Gasteiger partial charge in [0.15, 0.2) is 0 Å². The minimum Gasteiger partial charge on any atom is -0.329 e. The molecule has 1 aliphatic rings. The molecule has 1 fully saturated rings. The molecular weight excluding hydrogens is 275 g/mol. The lowest BCUT2D eigenvalue weighted by atomic mass is 9.91. The van der Waals surface area contributed by atoms with E-state index in [4.69, 9.17) is 17.3 Å². The first-order valence-corrected chi connectivity index (χ1v) is 7.96. The van der Waals surface area contributed by atoms with Crippen LogP contribution < -0.4 is 5.73 Å². The number of benzene rings is 1. The Morgan fingerprint density at radius 2 is 2.05 bits per heavy atom. The summed E-state index contributed by atoms with van der Waals surface area (Å²) >= 11 is 5.84. The molecule has 0 spiro atoms. The number of nitrogens with two attached hydrogens (primary N) is 1. The lowest BCUT2D eigenvalue weighted by Gasteiger charge is -2.39. The quantitative estimate of drug-likeness (QED) is 0.885. The van der Waals surface area contributed by atoms with Crippen LogP contribution in [0.4, 0.5) is 4.39 Å². The molecule has 0 amide bonds. The summed E-state index contributed by atoms with van der Waals surface area (Å²) < 4.78 is 14.2. The first-order chi connectivity index (χ1) is 9.67. The van der Waals surface area contributed by atoms with Crippen molar-refractivity contribution in [1.82, 2.24) is 4.90 Å². The molecule has 112 valence electrons. The Bertz CT molecular complexity index is 432. The molecule has 2 N–H and O–H groups in total. The van der Waals surface area contributed by atoms with Gasteiger partial charge < -0.3 is 5.73 Å². The fraction of sp³-hybridized carbons (Fsp3) is 0.625. The van der Waals surface area contributed by atoms with Crippen molar-refractivity contribution in [3.05, 3.63) is 34.6 Å². The summed E-state index contributed by atoms with van der Waals surface area (Å²) in [7, 11) is 0. The van der Waals surface area contributed by atoms with Crippen molar-refractivity contribution in [2.24, 2.45) is 5.73 Å². The van der Waals surface area contributed by atoms with Crippen LogP contribution in [-0.2, 0) is 0 Å². The normalized spacial score (nSPS) is 18.4. The summed E-state index contributed by atoms with van der Waals surface area (Å²) in [5.74, 6) is -0.248. The predicted octanol–water partition coefficient (Wildman–Crippen LogP) is 4.13. The van der Waals surface area contributed by atoms with Gasteiger partial charge in [-0.25, -0.2) is 4.39 Å². The minimum absolute atomic E-state index is 0.0552. The van der Waals surface area contributed by atoms with Crippen LogP contribution in [0.1, 0.15) is 50.6 Å². The molecule has 1 atom stereocenters. The molecule has 0 saturated heterocycles. The molecule has 1 aliphatic carbocycles. The van der Waals surface area contributed by atoms with Gasteiger partial charge in [-0.05, 0) is 31.5 Å². The fourth-order valence-electron chi connectivity index (χ4n) is 3.36. The molecule has 1 unspecified atom stereocenters. The third-order valence-electron chi connectivity index (χ3n) is 4.35. The summed E-state index contributed by atoms with van der Waals surface area (Å²) in [6.07, 6.45) is 6.23. The van der Waals surface area contributed by atoms with Gasteiger partial charge in [-0.1, -0.05) is 43.9 Å². The Hall–Kier alpha value is -0.640. The Balaban J connectivity index is 2.23. The Kier molecular flexibility index (Phi) is 5.82. The van der Waals surface area contributed by atoms with E-state index in [0.717, 1.165) is 6.54 Å². The smallest absolute Gasteiger partial charge is 0.129 e. The van der Waals surface area contributed by atoms with Crippen LogP contribution >= 0.6 is 11.6 Å². The maximum absolute atomic E-state index is 14.2. The molecule has 0 bridgehead atoms. The van der Waals surface area contributed by atoms with Crippen LogP contribution in [0.25, 0.3) is 0 Å². The summed E-state index contributed by atoms with van der Waals surface area (Å²) in [6, 6.07) is 5.38. The average Bonchev–Trinajstić information content (AvgIpc) is 2.46. The Morgan fingerprint density at radius 1 is 1.35 bits per heavy atom. The van der Waals surface area contributed by atoms with Gasteiger partial charge in [-0.2, -0.15) is 0 Å². The lowest BCUT2D eigenvalue weighted by Crippen LogP contribution is -2.42. The van der Waals surface area contributed by atoms with Crippen LogP contribution in [0.15, 0.2) is 18.2 Å². The van der Waals surface area contributed by atoms with Gasteiger partial charge >= 0.3 is 0 Å². The zero-order valence-corrected chi connectivity index (χ0v) is 12.9. The monoisotopic (exact) mass is 298 g/mol. The molecule has 1 saturated carbocycles. The van der Waals surface area contributed by atoms with E-state index < -0.39 is 0 Å². The first kappa shape index (κ1) is 15.7. The van der Waals surface area contributed by atoms with Crippen LogP contribution in [-0.4, -0.2) is 24.0 Å². The van der Waals surface area contributed by atoms with E-state index in [9.17, 15) is 4.39 Å². The second-order valence-corrected chi connectivity index (χ2v) is 5.98. The van der Waals surface area contributed by atoms with E-state index in [0.29, 0.717) is 23.2 Å². The number of hydrogen-bond acceptors (Lipinski definition) is 2. The molecule has 4 heteroatoms. The number of likely N-dealkylation sites (N-methyl/N-ethyl adjacent to an activating group) is 1. The number of halogens is 2. The predicted molar refractivity (Wildman–Crippen MR) is 82.5 cm³/mol. The minimum atomic E-state index is -0.248. The van der Waals surface area contributed by atoms with Crippen molar-refractivity contribution < 1.29 is 4.39 Å². The van der Waals surface area contributed by atoms with Gasteiger partial charge in [0.05, 0.1) is 6.04 Å². The third kappa shape index (κ3) is 3.51. The summed E-state index contributed by atoms with van der Waals surface area (Å²) in [5.41, 5.74) is 6.62. The molecule has 1 aromatic carbocycles. The second kappa shape index (κ2) is 7.39. The highest BCUT2D eigenvalue weighted by atomic mass is 35.5. The maximum Gasteiger partial charge on any atom is 0.129 e. The largest absolute Gasteiger partial charge is 0.329 e. The van der Waals surface area contributed by atoms with E-state index >= 15 is 0 Å². The van der Waals surface area contributed by atoms with Gasteiger partial charge in [0.25, 0.3) is 0 Å². The van der Waals surface area contributed by atoms with Crippen LogP contribution in [0.2, 0.25) is 5.02 Å². The van der Waals surface area contributed by atoms with E-state index in [1.54, 1.807) is 12.1 Å². The Labute approximate surface area is 126 Å². The van der Waals surface area contributed by atoms with E-state index in [1.165, 1.54) is 38.2 Å². The van der Waals surface area contributed by atoms with Crippen LogP contribution in [0.5, 0.6) is 0 Å². The van der Waals surface area contributed by atoms with Crippen molar-refractivity contribution in [3.63, 3.8) is 0 Å². The number of hydrogen-bond donors (Lipinski definition) is 1. The number of nitrogens with zero attached hydrogens (tertiary/aromatic N) is 1. The topological polar surface area (TPSA) is 29.3 Å². The molecule has 20 heavy (non-hydrogen) atoms. The first-order valence-electron chi connectivity index (χ1n) is 7.58. The summed E-state index contributed by atoms with van der Waals surface area (Å²) in [5, 5.41) is 0.433. The molecule has 2 nitrogen and oxygen atoms in total. The van der Waals surface area contributed by atoms with Crippen molar-refractivity contribution >= 4 is 11.6 Å². The maximum atomic E-state index is 14.2. The van der Waals surface area contributed by atoms with E-state index in [2.05, 4.69) is 11.8 Å². The van der Waals surface area contributed by atoms with Crippen LogP contribution in [0, 0.1) is 5.82 Å². The van der Waals surface area contributed by atoms with Gasteiger partial charge in [0.2, 0.25) is 0 Å². The summed E-state index contributed by atoms with van der Waals surface area (Å²) in [4.78, 5) is 2.37. The Morgan fingerprint density at radius 3 is 2.60 bits per heavy atom. The highest BCUT2D eigenvalue weighted by Crippen LogP contribution is 2.31. The SMILES string of the molecule is CCN(C1CCCCC1)C(CN)c1ccc(Cl)cc1F. The molecular formula is C16H24ClFN2. The molecule has 0 radical (unpaired) electrons. The molecule has 0 aromatic heterocycles. The van der Waals surface area contributed by atoms with Gasteiger partial charge in [0, 0.05) is 23.2 Å². The third-order valence-corrected chi connectivity index (χ3v) is 4.59. The zero-order valence-electron chi connectivity index (χ0n) is 12.1. The van der Waals surface area contributed by atoms with Crippen molar-refractivity contribution in [1.29, 1.82) is 0 Å². The van der Waals surface area contributed by atoms with Crippen molar-refractivity contribution in [2.45, 2.75) is 51.1 Å². The average molecular weight is 299 g/mol. The van der Waals surface area contributed by atoms with Crippen LogP contribution in [0.3, 0.4) is 0 Å². The van der Waals surface area contributed by atoms with Crippen molar-refractivity contribution in [2.75, 3.05) is 13.1 Å². The van der Waals surface area contributed by atoms with Gasteiger partial charge in [-0.3, -0.25) is 4.90 Å². The molecule has 0 heterocycles. The molecule has 0 aliphatic heterocycles. The van der Waals surface area contributed by atoms with Gasteiger partial charge in [-0.15, -0.1) is 0 Å². The van der Waals surface area contributed by atoms with E-state index in [-0.39, 0.29) is 11.9 Å². The van der Waals surface area contributed by atoms with E-state index in [1.807, 2.05) is 0 Å². The highest BCUT2D eigenvalue weighted by Gasteiger charge is 2.28. The van der Waals surface area contributed by atoms with Crippen molar-refractivity contribution in [3.8, 4) is 0 Å². The summed E-state index contributed by atoms with van der Waals surface area (Å²) in [6.45, 7) is 3.46. The lowest BCUT2D eigenvalue weighted by molar-refractivity contribution is 0.112. The fourth-order valence-corrected chi connectivity index (χ4v) is 3.52. The number of rotatable bonds is 5. The standard InChI is InChI=1S/C16H24ClFN2/c1-2-20(13-6-4-3-5-7-13)16(11-19)14-9-8-12(17)10-15(14)18/h8-10,13,16H,2-7,11,19H2,1H3. The zero-order chi connectivity index (χ0) is 14.5. The molecule has 1 aromatic rings. The highest BCUT2D eigenvalue weighted by molar-refractivity contribution is 6.30. The molecule has 2 rings (SSSR count).